The molecule has 174 valence electrons. The summed E-state index contributed by atoms with van der Waals surface area (Å²) < 4.78 is 18.0. The van der Waals surface area contributed by atoms with Crippen molar-refractivity contribution in [2.75, 3.05) is 11.1 Å². The Morgan fingerprint density at radius 1 is 1.18 bits per heavy atom. The standard InChI is InChI=1S/C23H22FN7O2S/c1-15-25-8-9-31(15)20-7-6-16(10-19(20)24)12-26-22(33)17-4-3-5-18(11-17)28-21(32)13-34-23-29-27-14-30(23)2/h3-11,14H,12-13H2,1-2H3,(H,26,33)(H,28,32). The van der Waals surface area contributed by atoms with E-state index in [1.807, 2.05) is 0 Å². The summed E-state index contributed by atoms with van der Waals surface area (Å²) in [7, 11) is 1.80. The number of aromatic nitrogens is 5. The number of aryl methyl sites for hydroxylation is 2. The van der Waals surface area contributed by atoms with Crippen LogP contribution in [-0.2, 0) is 18.4 Å². The number of anilines is 1. The first kappa shape index (κ1) is 23.2. The quantitative estimate of drug-likeness (QED) is 0.376. The van der Waals surface area contributed by atoms with Gasteiger partial charge < -0.3 is 19.8 Å². The molecule has 34 heavy (non-hydrogen) atoms. The van der Waals surface area contributed by atoms with Crippen molar-refractivity contribution < 1.29 is 14.0 Å². The highest BCUT2D eigenvalue weighted by molar-refractivity contribution is 7.99. The molecule has 0 spiro atoms. The molecule has 0 aliphatic carbocycles. The minimum absolute atomic E-state index is 0.156. The average molecular weight is 480 g/mol. The number of carbonyl (C=O) groups excluding carboxylic acids is 2. The highest BCUT2D eigenvalue weighted by atomic mass is 32.2. The van der Waals surface area contributed by atoms with E-state index in [0.29, 0.717) is 33.5 Å². The highest BCUT2D eigenvalue weighted by Crippen LogP contribution is 2.18. The van der Waals surface area contributed by atoms with Crippen LogP contribution in [0.25, 0.3) is 5.69 Å². The normalized spacial score (nSPS) is 10.8. The van der Waals surface area contributed by atoms with Crippen LogP contribution in [-0.4, -0.2) is 41.9 Å². The van der Waals surface area contributed by atoms with Crippen molar-refractivity contribution in [1.82, 2.24) is 29.6 Å². The summed E-state index contributed by atoms with van der Waals surface area (Å²) in [4.78, 5) is 29.0. The van der Waals surface area contributed by atoms with E-state index in [0.717, 1.165) is 0 Å². The molecule has 2 aromatic carbocycles. The van der Waals surface area contributed by atoms with Gasteiger partial charge in [0.15, 0.2) is 5.16 Å². The molecule has 0 bridgehead atoms. The van der Waals surface area contributed by atoms with E-state index in [-0.39, 0.29) is 24.1 Å². The van der Waals surface area contributed by atoms with Crippen molar-refractivity contribution in [3.8, 4) is 5.69 Å². The Morgan fingerprint density at radius 3 is 2.74 bits per heavy atom. The minimum Gasteiger partial charge on any atom is -0.348 e. The third-order valence-corrected chi connectivity index (χ3v) is 6.00. The molecule has 2 heterocycles. The minimum atomic E-state index is -0.406. The number of halogens is 1. The number of hydrogen-bond acceptors (Lipinski definition) is 6. The second kappa shape index (κ2) is 10.3. The highest BCUT2D eigenvalue weighted by Gasteiger charge is 2.12. The molecule has 0 aliphatic heterocycles. The Labute approximate surface area is 199 Å². The number of benzene rings is 2. The molecule has 0 fully saturated rings. The van der Waals surface area contributed by atoms with E-state index in [2.05, 4.69) is 25.8 Å². The molecule has 0 saturated heterocycles. The van der Waals surface area contributed by atoms with Crippen LogP contribution in [0.15, 0.2) is 66.3 Å². The first-order valence-corrected chi connectivity index (χ1v) is 11.3. The Hall–Kier alpha value is -3.99. The van der Waals surface area contributed by atoms with Gasteiger partial charge in [0.25, 0.3) is 5.91 Å². The van der Waals surface area contributed by atoms with E-state index in [1.54, 1.807) is 78.2 Å². The number of nitrogens with one attached hydrogen (secondary N) is 2. The maximum absolute atomic E-state index is 14.6. The summed E-state index contributed by atoms with van der Waals surface area (Å²) in [5, 5.41) is 13.9. The largest absolute Gasteiger partial charge is 0.348 e. The predicted molar refractivity (Wildman–Crippen MR) is 126 cm³/mol. The fourth-order valence-corrected chi connectivity index (χ4v) is 3.93. The zero-order valence-electron chi connectivity index (χ0n) is 18.5. The molecule has 4 rings (SSSR count). The third-order valence-electron chi connectivity index (χ3n) is 4.96. The van der Waals surface area contributed by atoms with Gasteiger partial charge in [-0.1, -0.05) is 23.9 Å². The number of amides is 2. The van der Waals surface area contributed by atoms with Gasteiger partial charge in [0.05, 0.1) is 11.4 Å². The Morgan fingerprint density at radius 2 is 2.03 bits per heavy atom. The van der Waals surface area contributed by atoms with Crippen LogP contribution < -0.4 is 10.6 Å². The second-order valence-electron chi connectivity index (χ2n) is 7.45. The molecule has 0 radical (unpaired) electrons. The van der Waals surface area contributed by atoms with Gasteiger partial charge >= 0.3 is 0 Å². The fourth-order valence-electron chi connectivity index (χ4n) is 3.24. The van der Waals surface area contributed by atoms with E-state index in [4.69, 9.17) is 0 Å². The molecule has 2 N–H and O–H groups in total. The Kier molecular flexibility index (Phi) is 7.02. The van der Waals surface area contributed by atoms with Crippen molar-refractivity contribution in [2.45, 2.75) is 18.6 Å². The Balaban J connectivity index is 1.33. The molecule has 11 heteroatoms. The van der Waals surface area contributed by atoms with E-state index in [1.165, 1.54) is 17.8 Å². The topological polar surface area (TPSA) is 107 Å². The zero-order chi connectivity index (χ0) is 24.1. The molecule has 0 saturated carbocycles. The van der Waals surface area contributed by atoms with Crippen molar-refractivity contribution in [3.05, 3.63) is 84.0 Å². The Bertz CT molecular complexity index is 1330. The number of nitrogens with zero attached hydrogens (tertiary/aromatic N) is 5. The number of hydrogen-bond donors (Lipinski definition) is 2. The van der Waals surface area contributed by atoms with Crippen LogP contribution in [0.2, 0.25) is 0 Å². The molecule has 0 unspecified atom stereocenters. The van der Waals surface area contributed by atoms with Gasteiger partial charge in [-0.3, -0.25) is 9.59 Å². The molecule has 2 amide bonds. The first-order valence-electron chi connectivity index (χ1n) is 10.3. The van der Waals surface area contributed by atoms with E-state index < -0.39 is 5.82 Å². The number of carbonyl (C=O) groups is 2. The van der Waals surface area contributed by atoms with Gasteiger partial charge in [-0.15, -0.1) is 10.2 Å². The van der Waals surface area contributed by atoms with Crippen LogP contribution in [0.5, 0.6) is 0 Å². The summed E-state index contributed by atoms with van der Waals surface area (Å²) in [5.41, 5.74) is 1.90. The van der Waals surface area contributed by atoms with Crippen molar-refractivity contribution in [1.29, 1.82) is 0 Å². The zero-order valence-corrected chi connectivity index (χ0v) is 19.3. The smallest absolute Gasteiger partial charge is 0.251 e. The molecule has 4 aromatic rings. The lowest BCUT2D eigenvalue weighted by molar-refractivity contribution is -0.113. The van der Waals surface area contributed by atoms with Gasteiger partial charge in [0, 0.05) is 37.2 Å². The summed E-state index contributed by atoms with van der Waals surface area (Å²) >= 11 is 1.26. The number of rotatable bonds is 8. The summed E-state index contributed by atoms with van der Waals surface area (Å²) in [6, 6.07) is 11.4. The molecule has 0 aliphatic rings. The van der Waals surface area contributed by atoms with Crippen LogP contribution in [0.1, 0.15) is 21.7 Å². The summed E-state index contributed by atoms with van der Waals surface area (Å²) in [6.07, 6.45) is 4.86. The molecule has 0 atom stereocenters. The van der Waals surface area contributed by atoms with Crippen molar-refractivity contribution in [2.24, 2.45) is 7.05 Å². The molecule has 2 aromatic heterocycles. The van der Waals surface area contributed by atoms with Gasteiger partial charge in [0.2, 0.25) is 5.91 Å². The van der Waals surface area contributed by atoms with Crippen LogP contribution in [0.4, 0.5) is 10.1 Å². The lowest BCUT2D eigenvalue weighted by atomic mass is 10.1. The molecule has 9 nitrogen and oxygen atoms in total. The molecular formula is C23H22FN7O2S. The van der Waals surface area contributed by atoms with Gasteiger partial charge in [-0.25, -0.2) is 9.37 Å². The fraction of sp³-hybridized carbons (Fsp3) is 0.174. The van der Waals surface area contributed by atoms with Crippen LogP contribution >= 0.6 is 11.8 Å². The monoisotopic (exact) mass is 479 g/mol. The first-order chi connectivity index (χ1) is 16.4. The number of thioether (sulfide) groups is 1. The lowest BCUT2D eigenvalue weighted by Gasteiger charge is -2.10. The predicted octanol–water partition coefficient (Wildman–Crippen LogP) is 3.11. The van der Waals surface area contributed by atoms with Gasteiger partial charge in [-0.2, -0.15) is 0 Å². The van der Waals surface area contributed by atoms with Gasteiger partial charge in [-0.05, 0) is 42.8 Å². The third kappa shape index (κ3) is 5.49. The lowest BCUT2D eigenvalue weighted by Crippen LogP contribution is -2.23. The van der Waals surface area contributed by atoms with E-state index in [9.17, 15) is 14.0 Å². The van der Waals surface area contributed by atoms with Crippen LogP contribution in [0, 0.1) is 12.7 Å². The van der Waals surface area contributed by atoms with Crippen molar-refractivity contribution >= 4 is 29.3 Å². The summed E-state index contributed by atoms with van der Waals surface area (Å²) in [5.74, 6) is -0.131. The maximum atomic E-state index is 14.6. The average Bonchev–Trinajstić information content (AvgIpc) is 3.44. The maximum Gasteiger partial charge on any atom is 0.251 e. The SMILES string of the molecule is Cc1nccn1-c1ccc(CNC(=O)c2cccc(NC(=O)CSc3nncn3C)c2)cc1F. The van der Waals surface area contributed by atoms with Crippen LogP contribution in [0.3, 0.4) is 0 Å². The second-order valence-corrected chi connectivity index (χ2v) is 8.40. The summed E-state index contributed by atoms with van der Waals surface area (Å²) in [6.45, 7) is 1.95. The number of imidazole rings is 1. The van der Waals surface area contributed by atoms with Gasteiger partial charge in [0.1, 0.15) is 18.0 Å². The van der Waals surface area contributed by atoms with E-state index >= 15 is 0 Å². The molecular weight excluding hydrogens is 457 g/mol. The van der Waals surface area contributed by atoms with Crippen molar-refractivity contribution in [3.63, 3.8) is 0 Å².